The Morgan fingerprint density at radius 1 is 1.24 bits per heavy atom. The fourth-order valence-electron chi connectivity index (χ4n) is 3.20. The quantitative estimate of drug-likeness (QED) is 0.915. The van der Waals surface area contributed by atoms with Crippen LogP contribution in [0.3, 0.4) is 0 Å². The van der Waals surface area contributed by atoms with E-state index in [0.717, 1.165) is 37.0 Å². The van der Waals surface area contributed by atoms with E-state index in [1.165, 1.54) is 5.56 Å². The zero-order valence-electron chi connectivity index (χ0n) is 12.1. The molecule has 0 bridgehead atoms. The summed E-state index contributed by atoms with van der Waals surface area (Å²) < 4.78 is 11.3. The third-order valence-corrected chi connectivity index (χ3v) is 4.54. The fourth-order valence-corrected chi connectivity index (χ4v) is 3.20. The highest BCUT2D eigenvalue weighted by atomic mass is 16.5. The lowest BCUT2D eigenvalue weighted by Crippen LogP contribution is -2.20. The van der Waals surface area contributed by atoms with Gasteiger partial charge < -0.3 is 14.6 Å². The summed E-state index contributed by atoms with van der Waals surface area (Å²) in [5.74, 6) is 3.58. The highest BCUT2D eigenvalue weighted by Gasteiger charge is 2.31. The van der Waals surface area contributed by atoms with Crippen molar-refractivity contribution >= 4 is 0 Å². The number of benzene rings is 1. The van der Waals surface area contributed by atoms with Crippen LogP contribution in [0.25, 0.3) is 0 Å². The molecule has 1 saturated heterocycles. The van der Waals surface area contributed by atoms with Gasteiger partial charge in [-0.05, 0) is 30.5 Å². The van der Waals surface area contributed by atoms with Crippen molar-refractivity contribution < 1.29 is 9.26 Å². The molecule has 2 aliphatic rings. The molecule has 1 N–H and O–H groups in total. The first-order chi connectivity index (χ1) is 10.3. The summed E-state index contributed by atoms with van der Waals surface area (Å²) in [5, 5.41) is 7.57. The number of nitrogens with zero attached hydrogens (tertiary/aromatic N) is 2. The van der Waals surface area contributed by atoms with Crippen molar-refractivity contribution in [2.45, 2.75) is 25.2 Å². The summed E-state index contributed by atoms with van der Waals surface area (Å²) in [6.45, 7) is 4.78. The van der Waals surface area contributed by atoms with Crippen LogP contribution in [0.5, 0.6) is 5.75 Å². The molecule has 110 valence electrons. The van der Waals surface area contributed by atoms with Gasteiger partial charge in [0.15, 0.2) is 5.82 Å². The van der Waals surface area contributed by atoms with Crippen LogP contribution >= 0.6 is 0 Å². The van der Waals surface area contributed by atoms with E-state index in [2.05, 4.69) is 28.4 Å². The Morgan fingerprint density at radius 3 is 3.00 bits per heavy atom. The van der Waals surface area contributed by atoms with Crippen molar-refractivity contribution in [3.05, 3.63) is 41.5 Å². The highest BCUT2D eigenvalue weighted by molar-refractivity contribution is 5.36. The lowest BCUT2D eigenvalue weighted by molar-refractivity contribution is 0.253. The zero-order valence-corrected chi connectivity index (χ0v) is 12.1. The Balaban J connectivity index is 1.54. The van der Waals surface area contributed by atoms with Gasteiger partial charge in [0, 0.05) is 6.54 Å². The number of nitrogens with one attached hydrogen (secondary N) is 1. The molecular weight excluding hydrogens is 266 g/mol. The Morgan fingerprint density at radius 2 is 2.14 bits per heavy atom. The molecule has 0 spiro atoms. The van der Waals surface area contributed by atoms with Gasteiger partial charge in [-0.25, -0.2) is 0 Å². The van der Waals surface area contributed by atoms with Gasteiger partial charge in [-0.2, -0.15) is 4.98 Å². The maximum absolute atomic E-state index is 5.81. The number of hydrogen-bond acceptors (Lipinski definition) is 5. The monoisotopic (exact) mass is 285 g/mol. The normalized spacial score (nSPS) is 28.1. The molecule has 5 nitrogen and oxygen atoms in total. The van der Waals surface area contributed by atoms with Crippen LogP contribution < -0.4 is 10.1 Å². The van der Waals surface area contributed by atoms with E-state index in [9.17, 15) is 0 Å². The first kappa shape index (κ1) is 12.8. The average Bonchev–Trinajstić information content (AvgIpc) is 3.15. The third-order valence-electron chi connectivity index (χ3n) is 4.54. The largest absolute Gasteiger partial charge is 0.493 e. The Hall–Kier alpha value is -1.88. The van der Waals surface area contributed by atoms with Crippen molar-refractivity contribution in [2.24, 2.45) is 5.92 Å². The van der Waals surface area contributed by atoms with E-state index in [-0.39, 0.29) is 5.92 Å². The minimum atomic E-state index is 0.182. The molecule has 2 aromatic rings. The number of hydrogen-bond donors (Lipinski definition) is 1. The van der Waals surface area contributed by atoms with Crippen molar-refractivity contribution in [3.8, 4) is 5.75 Å². The summed E-state index contributed by atoms with van der Waals surface area (Å²) >= 11 is 0. The minimum Gasteiger partial charge on any atom is -0.493 e. The third kappa shape index (κ3) is 2.31. The molecule has 3 atom stereocenters. The molecule has 1 fully saturated rings. The number of fused-ring (bicyclic) bond motifs is 1. The first-order valence-electron chi connectivity index (χ1n) is 7.56. The molecule has 0 amide bonds. The van der Waals surface area contributed by atoms with Crippen LogP contribution in [-0.4, -0.2) is 29.8 Å². The van der Waals surface area contributed by atoms with Gasteiger partial charge in [0.05, 0.1) is 18.4 Å². The lowest BCUT2D eigenvalue weighted by atomic mass is 9.96. The second-order valence-electron chi connectivity index (χ2n) is 6.05. The Bertz CT molecular complexity index is 640. The van der Waals surface area contributed by atoms with E-state index in [4.69, 9.17) is 9.26 Å². The van der Waals surface area contributed by atoms with Gasteiger partial charge in [-0.15, -0.1) is 0 Å². The standard InChI is InChI=1S/C16H19N3O2/c1-10-7-17-8-13(10)16-18-15(19-21-16)12-6-11-4-2-3-5-14(11)20-9-12/h2-5,10,12-13,17H,6-9H2,1H3. The van der Waals surface area contributed by atoms with Crippen LogP contribution in [-0.2, 0) is 6.42 Å². The molecule has 0 aliphatic carbocycles. The van der Waals surface area contributed by atoms with E-state index < -0.39 is 0 Å². The highest BCUT2D eigenvalue weighted by Crippen LogP contribution is 2.32. The predicted octanol–water partition coefficient (Wildman–Crippen LogP) is 2.11. The molecule has 4 rings (SSSR count). The Labute approximate surface area is 123 Å². The van der Waals surface area contributed by atoms with Crippen LogP contribution in [0.1, 0.15) is 36.0 Å². The zero-order chi connectivity index (χ0) is 14.2. The van der Waals surface area contributed by atoms with Crippen molar-refractivity contribution in [1.82, 2.24) is 15.5 Å². The van der Waals surface area contributed by atoms with Crippen LogP contribution in [0.4, 0.5) is 0 Å². The van der Waals surface area contributed by atoms with Crippen LogP contribution in [0, 0.1) is 5.92 Å². The second kappa shape index (κ2) is 5.15. The molecule has 0 saturated carbocycles. The number of para-hydroxylation sites is 1. The summed E-state index contributed by atoms with van der Waals surface area (Å²) in [6.07, 6.45) is 0.910. The van der Waals surface area contributed by atoms with Gasteiger partial charge in [0.2, 0.25) is 5.89 Å². The molecule has 3 heterocycles. The van der Waals surface area contributed by atoms with Crippen molar-refractivity contribution in [3.63, 3.8) is 0 Å². The van der Waals surface area contributed by atoms with E-state index in [0.29, 0.717) is 18.4 Å². The van der Waals surface area contributed by atoms with Crippen LogP contribution in [0.15, 0.2) is 28.8 Å². The summed E-state index contributed by atoms with van der Waals surface area (Å²) in [5.41, 5.74) is 1.22. The maximum atomic E-state index is 5.81. The predicted molar refractivity (Wildman–Crippen MR) is 77.5 cm³/mol. The number of aromatic nitrogens is 2. The molecule has 5 heteroatoms. The smallest absolute Gasteiger partial charge is 0.231 e. The van der Waals surface area contributed by atoms with Gasteiger partial charge in [0.1, 0.15) is 5.75 Å². The van der Waals surface area contributed by atoms with Gasteiger partial charge in [-0.1, -0.05) is 30.3 Å². The average molecular weight is 285 g/mol. The summed E-state index contributed by atoms with van der Waals surface area (Å²) in [4.78, 5) is 4.64. The van der Waals surface area contributed by atoms with E-state index >= 15 is 0 Å². The first-order valence-corrected chi connectivity index (χ1v) is 7.56. The van der Waals surface area contributed by atoms with Gasteiger partial charge >= 0.3 is 0 Å². The van der Waals surface area contributed by atoms with Gasteiger partial charge in [0.25, 0.3) is 0 Å². The molecule has 2 aliphatic heterocycles. The Kier molecular flexibility index (Phi) is 3.15. The SMILES string of the molecule is CC1CNCC1c1nc(C2COc3ccccc3C2)no1. The minimum absolute atomic E-state index is 0.182. The van der Waals surface area contributed by atoms with Crippen molar-refractivity contribution in [2.75, 3.05) is 19.7 Å². The fraction of sp³-hybridized carbons (Fsp3) is 0.500. The summed E-state index contributed by atoms with van der Waals surface area (Å²) in [6, 6.07) is 8.16. The summed E-state index contributed by atoms with van der Waals surface area (Å²) in [7, 11) is 0. The van der Waals surface area contributed by atoms with Crippen LogP contribution in [0.2, 0.25) is 0 Å². The number of rotatable bonds is 2. The molecule has 1 aromatic heterocycles. The molecule has 0 radical (unpaired) electrons. The van der Waals surface area contributed by atoms with Crippen molar-refractivity contribution in [1.29, 1.82) is 0 Å². The van der Waals surface area contributed by atoms with E-state index in [1.54, 1.807) is 0 Å². The molecule has 1 aromatic carbocycles. The second-order valence-corrected chi connectivity index (χ2v) is 6.05. The maximum Gasteiger partial charge on any atom is 0.231 e. The molecule has 21 heavy (non-hydrogen) atoms. The molecule has 3 unspecified atom stereocenters. The number of ether oxygens (including phenoxy) is 1. The topological polar surface area (TPSA) is 60.2 Å². The van der Waals surface area contributed by atoms with E-state index in [1.807, 2.05) is 18.2 Å². The molecular formula is C16H19N3O2. The lowest BCUT2D eigenvalue weighted by Gasteiger charge is -2.22. The van der Waals surface area contributed by atoms with Gasteiger partial charge in [-0.3, -0.25) is 0 Å².